The van der Waals surface area contributed by atoms with E-state index in [-0.39, 0.29) is 17.8 Å². The fraction of sp³-hybridized carbons (Fsp3) is 0.269. The van der Waals surface area contributed by atoms with Crippen molar-refractivity contribution in [3.05, 3.63) is 77.4 Å². The van der Waals surface area contributed by atoms with Crippen LogP contribution < -0.4 is 5.32 Å². The molecule has 3 heterocycles. The summed E-state index contributed by atoms with van der Waals surface area (Å²) in [5, 5.41) is 9.51. The number of aryl methyl sites for hydroxylation is 1. The molecular formula is C26H25FN6. The molecule has 0 fully saturated rings. The van der Waals surface area contributed by atoms with Crippen LogP contribution in [0.5, 0.6) is 0 Å². The van der Waals surface area contributed by atoms with E-state index in [1.807, 2.05) is 12.3 Å². The Bertz CT molecular complexity index is 1480. The highest BCUT2D eigenvalue weighted by Gasteiger charge is 2.24. The average Bonchev–Trinajstić information content (AvgIpc) is 3.41. The lowest BCUT2D eigenvalue weighted by molar-refractivity contribution is 0.599. The van der Waals surface area contributed by atoms with E-state index in [1.54, 1.807) is 10.6 Å². The second kappa shape index (κ2) is 7.69. The number of anilines is 1. The van der Waals surface area contributed by atoms with Crippen molar-refractivity contribution in [1.29, 1.82) is 0 Å². The number of para-hydroxylation sites is 1. The van der Waals surface area contributed by atoms with Gasteiger partial charge in [0.05, 0.1) is 6.20 Å². The third-order valence-corrected chi connectivity index (χ3v) is 6.53. The first-order chi connectivity index (χ1) is 16.1. The Hall–Kier alpha value is -3.74. The Morgan fingerprint density at radius 2 is 2.00 bits per heavy atom. The van der Waals surface area contributed by atoms with Gasteiger partial charge in [-0.3, -0.25) is 0 Å². The Labute approximate surface area is 190 Å². The van der Waals surface area contributed by atoms with Gasteiger partial charge in [0, 0.05) is 33.8 Å². The van der Waals surface area contributed by atoms with E-state index in [1.165, 1.54) is 34.3 Å². The lowest BCUT2D eigenvalue weighted by Gasteiger charge is -2.24. The summed E-state index contributed by atoms with van der Waals surface area (Å²) in [6.45, 7) is 4.24. The molecule has 1 aliphatic carbocycles. The molecule has 166 valence electrons. The topological polar surface area (TPSA) is 70.9 Å². The van der Waals surface area contributed by atoms with Crippen molar-refractivity contribution < 1.29 is 4.39 Å². The molecule has 6 rings (SSSR count). The molecule has 0 amide bonds. The molecule has 0 saturated heterocycles. The summed E-state index contributed by atoms with van der Waals surface area (Å²) in [6, 6.07) is 15.1. The predicted molar refractivity (Wildman–Crippen MR) is 128 cm³/mol. The van der Waals surface area contributed by atoms with E-state index in [0.717, 1.165) is 30.5 Å². The molecule has 6 nitrogen and oxygen atoms in total. The van der Waals surface area contributed by atoms with Crippen molar-refractivity contribution >= 4 is 22.5 Å². The fourth-order valence-corrected chi connectivity index (χ4v) is 4.83. The normalized spacial score (nSPS) is 15.9. The van der Waals surface area contributed by atoms with Gasteiger partial charge in [-0.25, -0.2) is 9.37 Å². The molecule has 2 aromatic carbocycles. The highest BCUT2D eigenvalue weighted by atomic mass is 19.1. The molecule has 1 aliphatic rings. The van der Waals surface area contributed by atoms with Gasteiger partial charge in [-0.2, -0.15) is 14.6 Å². The third kappa shape index (κ3) is 3.44. The van der Waals surface area contributed by atoms with Gasteiger partial charge in [-0.15, -0.1) is 0 Å². The van der Waals surface area contributed by atoms with E-state index < -0.39 is 0 Å². The van der Waals surface area contributed by atoms with E-state index in [4.69, 9.17) is 9.97 Å². The van der Waals surface area contributed by atoms with Crippen molar-refractivity contribution in [2.24, 2.45) is 0 Å². The number of hydrogen-bond acceptors (Lipinski definition) is 4. The Kier molecular flexibility index (Phi) is 4.64. The first-order valence-electron chi connectivity index (χ1n) is 11.4. The number of aromatic nitrogens is 5. The smallest absolute Gasteiger partial charge is 0.228 e. The molecular weight excluding hydrogens is 415 g/mol. The van der Waals surface area contributed by atoms with Crippen LogP contribution in [-0.2, 0) is 12.8 Å². The lowest BCUT2D eigenvalue weighted by Crippen LogP contribution is -2.29. The van der Waals surface area contributed by atoms with Crippen LogP contribution in [0, 0.1) is 5.82 Å². The molecule has 0 aliphatic heterocycles. The number of nitrogens with one attached hydrogen (secondary N) is 2. The zero-order valence-corrected chi connectivity index (χ0v) is 18.6. The summed E-state index contributed by atoms with van der Waals surface area (Å²) >= 11 is 0. The number of H-pyrrole nitrogens is 1. The molecule has 0 radical (unpaired) electrons. The molecule has 5 aromatic rings. The first kappa shape index (κ1) is 19.9. The van der Waals surface area contributed by atoms with Crippen molar-refractivity contribution in [2.45, 2.75) is 45.1 Å². The number of nitrogens with zero attached hydrogens (tertiary/aromatic N) is 4. The minimum absolute atomic E-state index is 0.210. The van der Waals surface area contributed by atoms with E-state index in [9.17, 15) is 4.39 Å². The number of rotatable bonds is 4. The van der Waals surface area contributed by atoms with Gasteiger partial charge in [-0.1, -0.05) is 44.2 Å². The maximum atomic E-state index is 13.9. The largest absolute Gasteiger partial charge is 0.358 e. The number of fused-ring (bicyclic) bond motifs is 4. The van der Waals surface area contributed by atoms with Crippen LogP contribution in [0.25, 0.3) is 27.9 Å². The standard InChI is InChI=1S/C26H25FN6/c1-15(2)21-14-28-33-25(21)31-24(16-6-5-7-17(27)12-16)32-26(33)29-18-10-11-23-20(13-18)19-8-3-4-9-22(19)30-23/h3-9,12,14-15,18,30H,10-11,13H2,1-2H3,(H,29,31,32)/t18-/m1/s1. The maximum absolute atomic E-state index is 13.9. The molecule has 0 saturated carbocycles. The van der Waals surface area contributed by atoms with Gasteiger partial charge >= 0.3 is 0 Å². The molecule has 1 atom stereocenters. The van der Waals surface area contributed by atoms with Gasteiger partial charge in [0.1, 0.15) is 5.82 Å². The summed E-state index contributed by atoms with van der Waals surface area (Å²) < 4.78 is 15.7. The van der Waals surface area contributed by atoms with E-state index >= 15 is 0 Å². The monoisotopic (exact) mass is 440 g/mol. The Balaban J connectivity index is 1.41. The van der Waals surface area contributed by atoms with Crippen LogP contribution in [0.15, 0.2) is 54.7 Å². The zero-order valence-electron chi connectivity index (χ0n) is 18.6. The van der Waals surface area contributed by atoms with Crippen LogP contribution in [0.4, 0.5) is 10.3 Å². The van der Waals surface area contributed by atoms with Crippen molar-refractivity contribution in [2.75, 3.05) is 5.32 Å². The number of benzene rings is 2. The van der Waals surface area contributed by atoms with Crippen LogP contribution in [0.1, 0.15) is 43.0 Å². The minimum atomic E-state index is -0.304. The fourth-order valence-electron chi connectivity index (χ4n) is 4.83. The second-order valence-corrected chi connectivity index (χ2v) is 9.08. The summed E-state index contributed by atoms with van der Waals surface area (Å²) in [4.78, 5) is 13.1. The average molecular weight is 441 g/mol. The summed E-state index contributed by atoms with van der Waals surface area (Å²) in [5.74, 6) is 1.09. The zero-order chi connectivity index (χ0) is 22.5. The predicted octanol–water partition coefficient (Wildman–Crippen LogP) is 5.50. The minimum Gasteiger partial charge on any atom is -0.358 e. The van der Waals surface area contributed by atoms with Crippen LogP contribution >= 0.6 is 0 Å². The van der Waals surface area contributed by atoms with Crippen molar-refractivity contribution in [1.82, 2.24) is 24.6 Å². The van der Waals surface area contributed by atoms with Crippen LogP contribution in [0.3, 0.4) is 0 Å². The van der Waals surface area contributed by atoms with Gasteiger partial charge < -0.3 is 10.3 Å². The molecule has 7 heteroatoms. The van der Waals surface area contributed by atoms with Gasteiger partial charge in [0.15, 0.2) is 11.5 Å². The van der Waals surface area contributed by atoms with Crippen molar-refractivity contribution in [3.8, 4) is 11.4 Å². The third-order valence-electron chi connectivity index (χ3n) is 6.53. The van der Waals surface area contributed by atoms with Gasteiger partial charge in [0.2, 0.25) is 5.95 Å². The molecule has 2 N–H and O–H groups in total. The molecule has 0 bridgehead atoms. The van der Waals surface area contributed by atoms with Crippen LogP contribution in [0.2, 0.25) is 0 Å². The summed E-state index contributed by atoms with van der Waals surface area (Å²) in [7, 11) is 0. The Morgan fingerprint density at radius 1 is 1.12 bits per heavy atom. The first-order valence-corrected chi connectivity index (χ1v) is 11.4. The van der Waals surface area contributed by atoms with Crippen LogP contribution in [-0.4, -0.2) is 30.6 Å². The molecule has 0 unspecified atom stereocenters. The van der Waals surface area contributed by atoms with E-state index in [0.29, 0.717) is 17.3 Å². The molecule has 33 heavy (non-hydrogen) atoms. The quantitative estimate of drug-likeness (QED) is 0.387. The number of halogens is 1. The van der Waals surface area contributed by atoms with Gasteiger partial charge in [-0.05, 0) is 48.9 Å². The summed E-state index contributed by atoms with van der Waals surface area (Å²) in [6.07, 6.45) is 4.72. The Morgan fingerprint density at radius 3 is 2.85 bits per heavy atom. The SMILES string of the molecule is CC(C)c1cnn2c(N[C@@H]3CCc4[nH]c5ccccc5c4C3)nc(-c3cccc(F)c3)nc12. The highest BCUT2D eigenvalue weighted by molar-refractivity contribution is 5.85. The number of aromatic amines is 1. The summed E-state index contributed by atoms with van der Waals surface area (Å²) in [5.41, 5.74) is 6.33. The molecule has 3 aromatic heterocycles. The second-order valence-electron chi connectivity index (χ2n) is 9.08. The number of hydrogen-bond donors (Lipinski definition) is 2. The van der Waals surface area contributed by atoms with Crippen molar-refractivity contribution in [3.63, 3.8) is 0 Å². The maximum Gasteiger partial charge on any atom is 0.228 e. The van der Waals surface area contributed by atoms with E-state index in [2.05, 4.69) is 53.5 Å². The highest BCUT2D eigenvalue weighted by Crippen LogP contribution is 2.31. The molecule has 0 spiro atoms. The lowest BCUT2D eigenvalue weighted by atomic mass is 9.91. The van der Waals surface area contributed by atoms with Gasteiger partial charge in [0.25, 0.3) is 0 Å².